The van der Waals surface area contributed by atoms with Gasteiger partial charge < -0.3 is 19.3 Å². The van der Waals surface area contributed by atoms with E-state index in [2.05, 4.69) is 0 Å². The monoisotopic (exact) mass is 320 g/mol. The minimum Gasteiger partial charge on any atom is -0.511 e. The third-order valence-corrected chi connectivity index (χ3v) is 3.23. The molecule has 23 heavy (non-hydrogen) atoms. The second kappa shape index (κ2) is 10.6. The first-order valence-electron chi connectivity index (χ1n) is 7.44. The molecule has 5 nitrogen and oxygen atoms in total. The van der Waals surface area contributed by atoms with Crippen LogP contribution in [0.2, 0.25) is 0 Å². The van der Waals surface area contributed by atoms with Crippen molar-refractivity contribution in [3.63, 3.8) is 0 Å². The van der Waals surface area contributed by atoms with Crippen LogP contribution in [0.15, 0.2) is 47.7 Å². The summed E-state index contributed by atoms with van der Waals surface area (Å²) in [5.41, 5.74) is 1.56. The molecule has 1 unspecified atom stereocenters. The molecule has 0 aliphatic heterocycles. The molecule has 0 radical (unpaired) electrons. The number of ether oxygens (including phenoxy) is 3. The minimum atomic E-state index is -0.406. The topological polar surface area (TPSA) is 65.0 Å². The average Bonchev–Trinajstić information content (AvgIpc) is 2.56. The third-order valence-electron chi connectivity index (χ3n) is 3.23. The van der Waals surface area contributed by atoms with Gasteiger partial charge in [-0.25, -0.2) is 0 Å². The van der Waals surface area contributed by atoms with Gasteiger partial charge in [-0.2, -0.15) is 0 Å². The number of methoxy groups -OCH3 is 1. The standard InChI is InChI=1S/C18H24O5/c1-4-22-13-23-16-9-7-15(8-10-16)17(6-5-11-19)18(20)14(2)12-21-3/h5-11,17,20H,4,12-13H2,1-3H3/b6-5+,18-14+. The Hall–Kier alpha value is -2.11. The average molecular weight is 320 g/mol. The first-order chi connectivity index (χ1) is 11.1. The fourth-order valence-corrected chi connectivity index (χ4v) is 2.04. The van der Waals surface area contributed by atoms with E-state index in [1.165, 1.54) is 6.08 Å². The lowest BCUT2D eigenvalue weighted by Crippen LogP contribution is -2.06. The van der Waals surface area contributed by atoms with E-state index in [0.29, 0.717) is 30.8 Å². The number of aliphatic hydroxyl groups is 1. The van der Waals surface area contributed by atoms with Crippen LogP contribution >= 0.6 is 0 Å². The highest BCUT2D eigenvalue weighted by atomic mass is 16.7. The van der Waals surface area contributed by atoms with Crippen molar-refractivity contribution in [3.8, 4) is 5.75 Å². The summed E-state index contributed by atoms with van der Waals surface area (Å²) >= 11 is 0. The largest absolute Gasteiger partial charge is 0.511 e. The molecule has 0 bridgehead atoms. The molecule has 0 saturated heterocycles. The van der Waals surface area contributed by atoms with Gasteiger partial charge in [0.05, 0.1) is 12.5 Å². The van der Waals surface area contributed by atoms with Crippen LogP contribution in [-0.2, 0) is 14.3 Å². The van der Waals surface area contributed by atoms with E-state index in [1.807, 2.05) is 19.1 Å². The summed E-state index contributed by atoms with van der Waals surface area (Å²) in [4.78, 5) is 10.6. The number of allylic oxidation sites excluding steroid dienone is 2. The van der Waals surface area contributed by atoms with Gasteiger partial charge in [0.2, 0.25) is 0 Å². The van der Waals surface area contributed by atoms with Crippen LogP contribution in [0.3, 0.4) is 0 Å². The fraction of sp³-hybridized carbons (Fsp3) is 0.389. The van der Waals surface area contributed by atoms with E-state index in [4.69, 9.17) is 14.2 Å². The van der Waals surface area contributed by atoms with E-state index in [9.17, 15) is 9.90 Å². The maximum absolute atomic E-state index is 10.6. The molecule has 5 heteroatoms. The number of benzene rings is 1. The molecule has 0 saturated carbocycles. The Kier molecular flexibility index (Phi) is 8.72. The van der Waals surface area contributed by atoms with E-state index < -0.39 is 5.92 Å². The highest BCUT2D eigenvalue weighted by Crippen LogP contribution is 2.28. The van der Waals surface area contributed by atoms with Gasteiger partial charge in [-0.15, -0.1) is 0 Å². The van der Waals surface area contributed by atoms with Crippen molar-refractivity contribution in [3.05, 3.63) is 53.3 Å². The number of rotatable bonds is 10. The molecule has 1 N–H and O–H groups in total. The van der Waals surface area contributed by atoms with Crippen LogP contribution in [0.1, 0.15) is 25.3 Å². The summed E-state index contributed by atoms with van der Waals surface area (Å²) in [5, 5.41) is 10.4. The summed E-state index contributed by atoms with van der Waals surface area (Å²) in [5.74, 6) is 0.446. The van der Waals surface area contributed by atoms with Crippen molar-refractivity contribution in [1.82, 2.24) is 0 Å². The predicted molar refractivity (Wildman–Crippen MR) is 88.7 cm³/mol. The van der Waals surface area contributed by atoms with Gasteiger partial charge in [-0.3, -0.25) is 4.79 Å². The zero-order valence-electron chi connectivity index (χ0n) is 13.8. The number of carbonyl (C=O) groups is 1. The van der Waals surface area contributed by atoms with Gasteiger partial charge in [0, 0.05) is 13.7 Å². The van der Waals surface area contributed by atoms with E-state index in [0.717, 1.165) is 5.56 Å². The summed E-state index contributed by atoms with van der Waals surface area (Å²) in [6.07, 6.45) is 3.71. The summed E-state index contributed by atoms with van der Waals surface area (Å²) in [6.45, 7) is 4.80. The lowest BCUT2D eigenvalue weighted by Gasteiger charge is -2.16. The second-order valence-corrected chi connectivity index (χ2v) is 4.92. The minimum absolute atomic E-state index is 0.174. The number of carbonyl (C=O) groups excluding carboxylic acids is 1. The molecular weight excluding hydrogens is 296 g/mol. The molecule has 1 aromatic carbocycles. The van der Waals surface area contributed by atoms with Crippen molar-refractivity contribution < 1.29 is 24.1 Å². The van der Waals surface area contributed by atoms with Crippen LogP contribution in [0.25, 0.3) is 0 Å². The first-order valence-corrected chi connectivity index (χ1v) is 7.44. The number of aldehydes is 1. The molecule has 0 aliphatic carbocycles. The summed E-state index contributed by atoms with van der Waals surface area (Å²) < 4.78 is 15.6. The Balaban J connectivity index is 2.97. The number of hydrogen-bond donors (Lipinski definition) is 1. The zero-order chi connectivity index (χ0) is 17.1. The van der Waals surface area contributed by atoms with Gasteiger partial charge in [0.1, 0.15) is 17.8 Å². The molecule has 1 aromatic rings. The van der Waals surface area contributed by atoms with Crippen molar-refractivity contribution >= 4 is 6.29 Å². The SMILES string of the molecule is CCOCOc1ccc(C(/C=C/C=O)/C(O)=C(/C)COC)cc1. The Morgan fingerprint density at radius 3 is 2.57 bits per heavy atom. The van der Waals surface area contributed by atoms with Crippen LogP contribution in [0.5, 0.6) is 5.75 Å². The molecule has 0 spiro atoms. The third kappa shape index (κ3) is 6.26. The predicted octanol–water partition coefficient (Wildman–Crippen LogP) is 3.38. The normalized spacial score (nSPS) is 13.7. The zero-order valence-corrected chi connectivity index (χ0v) is 13.8. The number of aliphatic hydroxyl groups excluding tert-OH is 1. The Bertz CT molecular complexity index is 531. The van der Waals surface area contributed by atoms with Crippen molar-refractivity contribution in [2.75, 3.05) is 27.1 Å². The summed E-state index contributed by atoms with van der Waals surface area (Å²) in [7, 11) is 1.57. The van der Waals surface area contributed by atoms with E-state index in [1.54, 1.807) is 32.2 Å². The van der Waals surface area contributed by atoms with Crippen LogP contribution in [0, 0.1) is 0 Å². The molecule has 0 aromatic heterocycles. The van der Waals surface area contributed by atoms with Crippen LogP contribution in [-0.4, -0.2) is 38.5 Å². The molecule has 0 heterocycles. The molecular formula is C18H24O5. The second-order valence-electron chi connectivity index (χ2n) is 4.92. The van der Waals surface area contributed by atoms with Crippen molar-refractivity contribution in [2.24, 2.45) is 0 Å². The van der Waals surface area contributed by atoms with Crippen LogP contribution < -0.4 is 4.74 Å². The Morgan fingerprint density at radius 1 is 1.30 bits per heavy atom. The maximum Gasteiger partial charge on any atom is 0.189 e. The molecule has 0 amide bonds. The van der Waals surface area contributed by atoms with Gasteiger partial charge in [-0.05, 0) is 43.2 Å². The van der Waals surface area contributed by atoms with Gasteiger partial charge in [0.25, 0.3) is 0 Å². The molecule has 126 valence electrons. The molecule has 1 atom stereocenters. The van der Waals surface area contributed by atoms with Crippen LogP contribution in [0.4, 0.5) is 0 Å². The van der Waals surface area contributed by atoms with Crippen molar-refractivity contribution in [1.29, 1.82) is 0 Å². The lowest BCUT2D eigenvalue weighted by atomic mass is 9.94. The molecule has 1 rings (SSSR count). The smallest absolute Gasteiger partial charge is 0.189 e. The maximum atomic E-state index is 10.6. The first kappa shape index (κ1) is 18.9. The van der Waals surface area contributed by atoms with Gasteiger partial charge >= 0.3 is 0 Å². The van der Waals surface area contributed by atoms with E-state index >= 15 is 0 Å². The lowest BCUT2D eigenvalue weighted by molar-refractivity contribution is -0.104. The fourth-order valence-electron chi connectivity index (χ4n) is 2.04. The summed E-state index contributed by atoms with van der Waals surface area (Å²) in [6, 6.07) is 7.29. The highest BCUT2D eigenvalue weighted by molar-refractivity contribution is 5.65. The van der Waals surface area contributed by atoms with E-state index in [-0.39, 0.29) is 12.6 Å². The van der Waals surface area contributed by atoms with Crippen molar-refractivity contribution in [2.45, 2.75) is 19.8 Å². The number of hydrogen-bond acceptors (Lipinski definition) is 5. The molecule has 0 fully saturated rings. The Labute approximate surface area is 137 Å². The highest BCUT2D eigenvalue weighted by Gasteiger charge is 2.16. The van der Waals surface area contributed by atoms with Gasteiger partial charge in [-0.1, -0.05) is 18.2 Å². The van der Waals surface area contributed by atoms with Gasteiger partial charge in [0.15, 0.2) is 6.79 Å². The Morgan fingerprint density at radius 2 is 2.00 bits per heavy atom. The molecule has 0 aliphatic rings. The quantitative estimate of drug-likeness (QED) is 0.235.